The van der Waals surface area contributed by atoms with Gasteiger partial charge in [-0.25, -0.2) is 0 Å². The third-order valence-electron chi connectivity index (χ3n) is 2.89. The molecule has 2 aliphatic rings. The fourth-order valence-corrected chi connectivity index (χ4v) is 1.90. The molecule has 1 saturated heterocycles. The quantitative estimate of drug-likeness (QED) is 0.382. The summed E-state index contributed by atoms with van der Waals surface area (Å²) in [5, 5.41) is 28.2. The highest BCUT2D eigenvalue weighted by Crippen LogP contribution is 2.25. The van der Waals surface area contributed by atoms with E-state index in [1.807, 2.05) is 0 Å². The lowest BCUT2D eigenvalue weighted by Crippen LogP contribution is -2.48. The summed E-state index contributed by atoms with van der Waals surface area (Å²) in [5.41, 5.74) is 4.97. The number of nitrogens with zero attached hydrogens (tertiary/aromatic N) is 2. The molecule has 0 aromatic rings. The van der Waals surface area contributed by atoms with Gasteiger partial charge in [-0.05, 0) is 0 Å². The van der Waals surface area contributed by atoms with E-state index in [2.05, 4.69) is 4.99 Å². The Morgan fingerprint density at radius 2 is 2.17 bits per heavy atom. The van der Waals surface area contributed by atoms with E-state index >= 15 is 0 Å². The summed E-state index contributed by atoms with van der Waals surface area (Å²) in [7, 11) is 0. The maximum absolute atomic E-state index is 11.7. The summed E-state index contributed by atoms with van der Waals surface area (Å²) >= 11 is 0. The normalized spacial score (nSPS) is 39.6. The predicted molar refractivity (Wildman–Crippen MR) is 56.1 cm³/mol. The first-order valence-corrected chi connectivity index (χ1v) is 5.24. The van der Waals surface area contributed by atoms with Crippen molar-refractivity contribution in [2.24, 2.45) is 10.7 Å². The number of amides is 2. The molecule has 9 heteroatoms. The Morgan fingerprint density at radius 3 is 2.61 bits per heavy atom. The number of aliphatic imine (C=N–C) groups is 1. The Kier molecular flexibility index (Phi) is 3.30. The molecule has 9 nitrogen and oxygen atoms in total. The maximum Gasteiger partial charge on any atom is 0.264 e. The van der Waals surface area contributed by atoms with Crippen molar-refractivity contribution in [3.05, 3.63) is 0 Å². The van der Waals surface area contributed by atoms with Crippen molar-refractivity contribution in [3.63, 3.8) is 0 Å². The van der Waals surface area contributed by atoms with Crippen molar-refractivity contribution in [1.29, 1.82) is 0 Å². The number of rotatable bonds is 3. The number of carbonyl (C=O) groups excluding carboxylic acids is 2. The largest absolute Gasteiger partial charge is 0.394 e. The maximum atomic E-state index is 11.7. The molecule has 2 aliphatic heterocycles. The highest BCUT2D eigenvalue weighted by atomic mass is 16.6. The number of hydrogen-bond acceptors (Lipinski definition) is 7. The summed E-state index contributed by atoms with van der Waals surface area (Å²) in [4.78, 5) is 27.1. The van der Waals surface area contributed by atoms with E-state index in [0.717, 1.165) is 11.2 Å². The van der Waals surface area contributed by atoms with Crippen molar-refractivity contribution in [1.82, 2.24) is 4.90 Å². The molecule has 0 aliphatic carbocycles. The van der Waals surface area contributed by atoms with Crippen molar-refractivity contribution >= 4 is 18.2 Å². The van der Waals surface area contributed by atoms with Crippen molar-refractivity contribution < 1.29 is 29.6 Å². The molecule has 100 valence electrons. The molecule has 5 atom stereocenters. The van der Waals surface area contributed by atoms with Gasteiger partial charge in [0.25, 0.3) is 11.8 Å². The molecule has 0 radical (unpaired) electrons. The number of carbonyl (C=O) groups is 2. The van der Waals surface area contributed by atoms with Gasteiger partial charge in [0.05, 0.1) is 12.9 Å². The van der Waals surface area contributed by atoms with Gasteiger partial charge in [-0.15, -0.1) is 0 Å². The Morgan fingerprint density at radius 1 is 1.50 bits per heavy atom. The molecular formula is C9H13N3O6. The van der Waals surface area contributed by atoms with Gasteiger partial charge < -0.3 is 25.8 Å². The van der Waals surface area contributed by atoms with Crippen LogP contribution in [-0.2, 0) is 14.3 Å². The average Bonchev–Trinajstić information content (AvgIpc) is 2.82. The van der Waals surface area contributed by atoms with Crippen LogP contribution >= 0.6 is 0 Å². The first kappa shape index (κ1) is 12.9. The van der Waals surface area contributed by atoms with Crippen molar-refractivity contribution in [2.45, 2.75) is 30.6 Å². The topological polar surface area (TPSA) is 146 Å². The van der Waals surface area contributed by atoms with Crippen molar-refractivity contribution in [3.8, 4) is 0 Å². The number of nitrogens with two attached hydrogens (primary N) is 1. The van der Waals surface area contributed by atoms with E-state index in [1.54, 1.807) is 0 Å². The molecule has 0 saturated carbocycles. The van der Waals surface area contributed by atoms with E-state index in [1.165, 1.54) is 0 Å². The van der Waals surface area contributed by atoms with E-state index in [9.17, 15) is 19.8 Å². The first-order chi connectivity index (χ1) is 8.47. The average molecular weight is 259 g/mol. The summed E-state index contributed by atoms with van der Waals surface area (Å²) in [6, 6.07) is -1.34. The van der Waals surface area contributed by atoms with Gasteiger partial charge in [0, 0.05) is 0 Å². The molecule has 5 N–H and O–H groups in total. The van der Waals surface area contributed by atoms with Crippen LogP contribution in [0, 0.1) is 0 Å². The molecule has 0 bridgehead atoms. The number of ether oxygens (including phenoxy) is 1. The van der Waals surface area contributed by atoms with Gasteiger partial charge in [-0.2, -0.15) is 0 Å². The second kappa shape index (κ2) is 4.61. The van der Waals surface area contributed by atoms with Gasteiger partial charge in [-0.3, -0.25) is 19.5 Å². The highest BCUT2D eigenvalue weighted by molar-refractivity contribution is 6.11. The van der Waals surface area contributed by atoms with Crippen LogP contribution in [0.3, 0.4) is 0 Å². The number of hydrogen-bond donors (Lipinski definition) is 4. The minimum absolute atomic E-state index is 0.507. The predicted octanol–water partition coefficient (Wildman–Crippen LogP) is -3.85. The molecular weight excluding hydrogens is 246 g/mol. The minimum Gasteiger partial charge on any atom is -0.394 e. The molecule has 18 heavy (non-hydrogen) atoms. The number of primary amides is 1. The van der Waals surface area contributed by atoms with Crippen LogP contribution in [0.4, 0.5) is 0 Å². The number of aliphatic hydroxyl groups excluding tert-OH is 3. The van der Waals surface area contributed by atoms with Crippen LogP contribution in [0.15, 0.2) is 4.99 Å². The van der Waals surface area contributed by atoms with E-state index in [-0.39, 0.29) is 0 Å². The monoisotopic (exact) mass is 259 g/mol. The summed E-state index contributed by atoms with van der Waals surface area (Å²) < 4.78 is 5.13. The summed E-state index contributed by atoms with van der Waals surface area (Å²) in [5.74, 6) is -1.65. The molecule has 2 heterocycles. The van der Waals surface area contributed by atoms with Crippen LogP contribution in [-0.4, -0.2) is 75.6 Å². The molecule has 2 amide bonds. The summed E-state index contributed by atoms with van der Waals surface area (Å²) in [6.45, 7) is -0.507. The summed E-state index contributed by atoms with van der Waals surface area (Å²) in [6.07, 6.45) is -3.90. The third-order valence-corrected chi connectivity index (χ3v) is 2.89. The van der Waals surface area contributed by atoms with E-state index < -0.39 is 49.0 Å². The van der Waals surface area contributed by atoms with Crippen LogP contribution in [0.2, 0.25) is 0 Å². The fourth-order valence-electron chi connectivity index (χ4n) is 1.90. The standard InChI is InChI=1S/C9H13N3O6/c10-7(16)4-8(17)12(2-11-4)9-6(15)5(14)3(1-13)18-9/h2-6,9,13-15H,1H2,(H2,10,16)/t3-,4?,5-,6-,9-/m1/s1. The second-order valence-corrected chi connectivity index (χ2v) is 4.04. The Labute approximate surface area is 101 Å². The highest BCUT2D eigenvalue weighted by Gasteiger charge is 2.49. The zero-order valence-electron chi connectivity index (χ0n) is 9.21. The zero-order chi connectivity index (χ0) is 13.4. The van der Waals surface area contributed by atoms with Crippen LogP contribution in [0.5, 0.6) is 0 Å². The number of aliphatic hydroxyl groups is 3. The lowest BCUT2D eigenvalue weighted by atomic mass is 10.1. The van der Waals surface area contributed by atoms with Gasteiger partial charge in [0.1, 0.15) is 18.3 Å². The smallest absolute Gasteiger partial charge is 0.264 e. The van der Waals surface area contributed by atoms with Gasteiger partial charge in [0.15, 0.2) is 6.23 Å². The van der Waals surface area contributed by atoms with E-state index in [4.69, 9.17) is 15.6 Å². The van der Waals surface area contributed by atoms with Crippen LogP contribution in [0.25, 0.3) is 0 Å². The van der Waals surface area contributed by atoms with E-state index in [0.29, 0.717) is 0 Å². The molecule has 1 unspecified atom stereocenters. The van der Waals surface area contributed by atoms with Crippen LogP contribution < -0.4 is 5.73 Å². The molecule has 0 aromatic heterocycles. The zero-order valence-corrected chi connectivity index (χ0v) is 9.21. The van der Waals surface area contributed by atoms with Crippen LogP contribution in [0.1, 0.15) is 0 Å². The molecule has 1 fully saturated rings. The second-order valence-electron chi connectivity index (χ2n) is 4.04. The Balaban J connectivity index is 2.13. The minimum atomic E-state index is -1.40. The Hall–Kier alpha value is -1.55. The SMILES string of the molecule is NC(=O)C1N=CN([C@@H]2O[C@H](CO)[C@@H](O)[C@H]2O)C1=O. The first-order valence-electron chi connectivity index (χ1n) is 5.24. The van der Waals surface area contributed by atoms with Gasteiger partial charge >= 0.3 is 0 Å². The van der Waals surface area contributed by atoms with Gasteiger partial charge in [0.2, 0.25) is 6.04 Å². The van der Waals surface area contributed by atoms with Crippen molar-refractivity contribution in [2.75, 3.05) is 6.61 Å². The van der Waals surface area contributed by atoms with Gasteiger partial charge in [-0.1, -0.05) is 0 Å². The molecule has 0 spiro atoms. The molecule has 0 aromatic carbocycles. The lowest BCUT2D eigenvalue weighted by Gasteiger charge is -2.23. The Bertz CT molecular complexity index is 400. The fraction of sp³-hybridized carbons (Fsp3) is 0.667. The molecule has 2 rings (SSSR count). The third kappa shape index (κ3) is 1.86. The lowest BCUT2D eigenvalue weighted by molar-refractivity contribution is -0.143.